The van der Waals surface area contributed by atoms with Crippen LogP contribution in [0, 0.1) is 6.92 Å². The summed E-state index contributed by atoms with van der Waals surface area (Å²) >= 11 is 6.77. The van der Waals surface area contributed by atoms with Crippen LogP contribution in [0.15, 0.2) is 53.4 Å². The maximum atomic E-state index is 12.8. The molecule has 1 N–H and O–H groups in total. The van der Waals surface area contributed by atoms with Crippen LogP contribution in [-0.4, -0.2) is 34.9 Å². The van der Waals surface area contributed by atoms with Crippen molar-refractivity contribution in [3.8, 4) is 0 Å². The highest BCUT2D eigenvalue weighted by atomic mass is 32.2. The molecule has 146 valence electrons. The average Bonchev–Trinajstić information content (AvgIpc) is 2.95. The number of anilines is 2. The van der Waals surface area contributed by atoms with Gasteiger partial charge in [0.05, 0.1) is 11.6 Å². The third kappa shape index (κ3) is 4.75. The van der Waals surface area contributed by atoms with Gasteiger partial charge in [0.15, 0.2) is 0 Å². The molecule has 1 aliphatic heterocycles. The van der Waals surface area contributed by atoms with E-state index in [1.165, 1.54) is 23.0 Å². The molecule has 1 amide bonds. The Hall–Kier alpha value is -2.31. The third-order valence-corrected chi connectivity index (χ3v) is 6.03. The van der Waals surface area contributed by atoms with E-state index in [1.54, 1.807) is 4.90 Å². The van der Waals surface area contributed by atoms with Gasteiger partial charge in [0.1, 0.15) is 4.32 Å². The lowest BCUT2D eigenvalue weighted by Gasteiger charge is -2.20. The molecule has 1 saturated heterocycles. The molecule has 1 aliphatic rings. The molecule has 0 atom stereocenters. The van der Waals surface area contributed by atoms with E-state index in [1.807, 2.05) is 49.4 Å². The first-order chi connectivity index (χ1) is 13.5. The number of aryl methyl sites for hydroxylation is 1. The number of carbonyl (C=O) groups excluding carboxylic acids is 1. The fraction of sp³-hybridized carbons (Fsp3) is 0.273. The van der Waals surface area contributed by atoms with E-state index in [0.717, 1.165) is 24.3 Å². The Labute approximate surface area is 176 Å². The Bertz CT molecular complexity index is 889. The summed E-state index contributed by atoms with van der Waals surface area (Å²) in [7, 11) is 0. The van der Waals surface area contributed by atoms with E-state index in [4.69, 9.17) is 12.2 Å². The second kappa shape index (κ2) is 9.26. The third-order valence-electron chi connectivity index (χ3n) is 4.65. The van der Waals surface area contributed by atoms with Gasteiger partial charge in [-0.15, -0.1) is 0 Å². The normalized spacial score (nSPS) is 15.4. The number of benzene rings is 2. The first-order valence-corrected chi connectivity index (χ1v) is 10.6. The van der Waals surface area contributed by atoms with Crippen LogP contribution < -0.4 is 10.2 Å². The van der Waals surface area contributed by atoms with Crippen molar-refractivity contribution in [3.05, 3.63) is 64.6 Å². The zero-order valence-corrected chi connectivity index (χ0v) is 18.1. The van der Waals surface area contributed by atoms with Gasteiger partial charge in [0.2, 0.25) is 0 Å². The lowest BCUT2D eigenvalue weighted by Crippen LogP contribution is -2.33. The molecule has 2 aromatic rings. The van der Waals surface area contributed by atoms with Crippen molar-refractivity contribution < 1.29 is 4.79 Å². The average molecular weight is 412 g/mol. The zero-order chi connectivity index (χ0) is 20.1. The quantitative estimate of drug-likeness (QED) is 0.506. The Balaban J connectivity index is 1.68. The lowest BCUT2D eigenvalue weighted by atomic mass is 10.1. The standard InChI is InChI=1S/C22H25N3OS2/c1-4-24(5-2)19-11-9-17(10-12-19)14-20-21(26)25(22(27)28-20)15-23-18-8-6-7-16(3)13-18/h6-14,23H,4-5,15H2,1-3H3/b20-14+. The Morgan fingerprint density at radius 2 is 1.86 bits per heavy atom. The van der Waals surface area contributed by atoms with Crippen LogP contribution in [-0.2, 0) is 4.79 Å². The van der Waals surface area contributed by atoms with Gasteiger partial charge in [0.25, 0.3) is 5.91 Å². The highest BCUT2D eigenvalue weighted by Crippen LogP contribution is 2.32. The Morgan fingerprint density at radius 1 is 1.14 bits per heavy atom. The maximum absolute atomic E-state index is 12.8. The number of thioether (sulfide) groups is 1. The van der Waals surface area contributed by atoms with Gasteiger partial charge >= 0.3 is 0 Å². The van der Waals surface area contributed by atoms with E-state index in [2.05, 4.69) is 36.2 Å². The summed E-state index contributed by atoms with van der Waals surface area (Å²) in [5, 5.41) is 3.28. The van der Waals surface area contributed by atoms with Gasteiger partial charge in [-0.2, -0.15) is 0 Å². The molecule has 4 nitrogen and oxygen atoms in total. The molecule has 0 aliphatic carbocycles. The van der Waals surface area contributed by atoms with Crippen molar-refractivity contribution in [3.63, 3.8) is 0 Å². The predicted molar refractivity (Wildman–Crippen MR) is 125 cm³/mol. The monoisotopic (exact) mass is 411 g/mol. The number of hydrogen-bond acceptors (Lipinski definition) is 5. The number of nitrogens with zero attached hydrogens (tertiary/aromatic N) is 2. The first kappa shape index (κ1) is 20.4. The number of thiocarbonyl (C=S) groups is 1. The second-order valence-corrected chi connectivity index (χ2v) is 8.25. The molecule has 1 heterocycles. The Morgan fingerprint density at radius 3 is 2.50 bits per heavy atom. The molecule has 0 aromatic heterocycles. The minimum atomic E-state index is -0.0528. The molecule has 6 heteroatoms. The van der Waals surface area contributed by atoms with Crippen LogP contribution in [0.3, 0.4) is 0 Å². The number of carbonyl (C=O) groups is 1. The summed E-state index contributed by atoms with van der Waals surface area (Å²) in [6.07, 6.45) is 1.91. The highest BCUT2D eigenvalue weighted by molar-refractivity contribution is 8.26. The fourth-order valence-corrected chi connectivity index (χ4v) is 4.34. The summed E-state index contributed by atoms with van der Waals surface area (Å²) in [5.41, 5.74) is 4.34. The van der Waals surface area contributed by atoms with Crippen LogP contribution in [0.1, 0.15) is 25.0 Å². The molecule has 28 heavy (non-hydrogen) atoms. The molecule has 0 bridgehead atoms. The molecular formula is C22H25N3OS2. The van der Waals surface area contributed by atoms with E-state index in [0.29, 0.717) is 15.9 Å². The lowest BCUT2D eigenvalue weighted by molar-refractivity contribution is -0.121. The zero-order valence-electron chi connectivity index (χ0n) is 16.4. The summed E-state index contributed by atoms with van der Waals surface area (Å²) in [6, 6.07) is 16.3. The van der Waals surface area contributed by atoms with E-state index in [9.17, 15) is 4.79 Å². The summed E-state index contributed by atoms with van der Waals surface area (Å²) in [6.45, 7) is 8.65. The van der Waals surface area contributed by atoms with Crippen LogP contribution in [0.25, 0.3) is 6.08 Å². The predicted octanol–water partition coefficient (Wildman–Crippen LogP) is 5.11. The van der Waals surface area contributed by atoms with E-state index < -0.39 is 0 Å². The number of rotatable bonds is 7. The maximum Gasteiger partial charge on any atom is 0.267 e. The van der Waals surface area contributed by atoms with Gasteiger partial charge in [0, 0.05) is 24.5 Å². The van der Waals surface area contributed by atoms with Crippen molar-refractivity contribution in [2.75, 3.05) is 30.0 Å². The van der Waals surface area contributed by atoms with Crippen LogP contribution >= 0.6 is 24.0 Å². The van der Waals surface area contributed by atoms with E-state index >= 15 is 0 Å². The van der Waals surface area contributed by atoms with Gasteiger partial charge < -0.3 is 10.2 Å². The minimum Gasteiger partial charge on any atom is -0.372 e. The molecule has 0 radical (unpaired) electrons. The van der Waals surface area contributed by atoms with Crippen molar-refractivity contribution in [2.45, 2.75) is 20.8 Å². The Kier molecular flexibility index (Phi) is 6.75. The van der Waals surface area contributed by atoms with Crippen molar-refractivity contribution >= 4 is 51.7 Å². The SMILES string of the molecule is CCN(CC)c1ccc(/C=C2/SC(=S)N(CNc3cccc(C)c3)C2=O)cc1. The first-order valence-electron chi connectivity index (χ1n) is 9.42. The molecular weight excluding hydrogens is 386 g/mol. The summed E-state index contributed by atoms with van der Waals surface area (Å²) < 4.78 is 0.580. The molecule has 3 rings (SSSR count). The number of amides is 1. The van der Waals surface area contributed by atoms with Crippen LogP contribution in [0.2, 0.25) is 0 Å². The van der Waals surface area contributed by atoms with Crippen molar-refractivity contribution in [2.24, 2.45) is 0 Å². The van der Waals surface area contributed by atoms with Gasteiger partial charge in [-0.25, -0.2) is 0 Å². The minimum absolute atomic E-state index is 0.0528. The second-order valence-electron chi connectivity index (χ2n) is 6.58. The molecule has 2 aromatic carbocycles. The largest absolute Gasteiger partial charge is 0.372 e. The van der Waals surface area contributed by atoms with E-state index in [-0.39, 0.29) is 5.91 Å². The van der Waals surface area contributed by atoms with Crippen LogP contribution in [0.4, 0.5) is 11.4 Å². The van der Waals surface area contributed by atoms with Crippen molar-refractivity contribution in [1.82, 2.24) is 4.90 Å². The van der Waals surface area contributed by atoms with Crippen LogP contribution in [0.5, 0.6) is 0 Å². The molecule has 0 saturated carbocycles. The van der Waals surface area contributed by atoms with Gasteiger partial charge in [-0.3, -0.25) is 9.69 Å². The van der Waals surface area contributed by atoms with Gasteiger partial charge in [-0.05, 0) is 62.2 Å². The number of nitrogens with one attached hydrogen (secondary N) is 1. The topological polar surface area (TPSA) is 35.6 Å². The smallest absolute Gasteiger partial charge is 0.267 e. The molecule has 0 spiro atoms. The van der Waals surface area contributed by atoms with Gasteiger partial charge in [-0.1, -0.05) is 48.2 Å². The summed E-state index contributed by atoms with van der Waals surface area (Å²) in [5.74, 6) is -0.0528. The molecule has 0 unspecified atom stereocenters. The highest BCUT2D eigenvalue weighted by Gasteiger charge is 2.31. The summed E-state index contributed by atoms with van der Waals surface area (Å²) in [4.78, 5) is 17.3. The fourth-order valence-electron chi connectivity index (χ4n) is 3.08. The molecule has 1 fully saturated rings. The van der Waals surface area contributed by atoms with Crippen molar-refractivity contribution in [1.29, 1.82) is 0 Å². The number of hydrogen-bond donors (Lipinski definition) is 1.